The van der Waals surface area contributed by atoms with Gasteiger partial charge in [-0.2, -0.15) is 0 Å². The van der Waals surface area contributed by atoms with E-state index < -0.39 is 5.92 Å². The van der Waals surface area contributed by atoms with Crippen LogP contribution in [0.5, 0.6) is 0 Å². The zero-order chi connectivity index (χ0) is 12.9. The van der Waals surface area contributed by atoms with Crippen molar-refractivity contribution in [1.29, 1.82) is 0 Å². The Hall–Kier alpha value is -1.35. The topological polar surface area (TPSA) is 69.1 Å². The first kappa shape index (κ1) is 14.6. The Labute approximate surface area is 97.9 Å². The van der Waals surface area contributed by atoms with Crippen molar-refractivity contribution in [1.82, 2.24) is 0 Å². The molecule has 0 saturated carbocycles. The Bertz CT molecular complexity index is 311. The molecule has 90 valence electrons. The quantitative estimate of drug-likeness (QED) is 0.673. The molecule has 2 atom stereocenters. The third-order valence-corrected chi connectivity index (χ3v) is 2.69. The highest BCUT2D eigenvalue weighted by atomic mass is 16.1. The summed E-state index contributed by atoms with van der Waals surface area (Å²) >= 11 is 0. The summed E-state index contributed by atoms with van der Waals surface area (Å²) in [6, 6.07) is 0. The first-order valence-electron chi connectivity index (χ1n) is 5.31. The van der Waals surface area contributed by atoms with Gasteiger partial charge in [0.1, 0.15) is 5.78 Å². The second kappa shape index (κ2) is 6.28. The van der Waals surface area contributed by atoms with E-state index in [4.69, 9.17) is 11.5 Å². The molecule has 0 aromatic heterocycles. The molecule has 0 rings (SSSR count). The summed E-state index contributed by atoms with van der Waals surface area (Å²) in [4.78, 5) is 11.6. The molecule has 0 aliphatic rings. The molecule has 0 radical (unpaired) electrons. The van der Waals surface area contributed by atoms with E-state index in [2.05, 4.69) is 13.2 Å². The smallest absolute Gasteiger partial charge is 0.139 e. The fraction of sp³-hybridized carbons (Fsp3) is 0.462. The highest BCUT2D eigenvalue weighted by molar-refractivity contribution is 5.81. The van der Waals surface area contributed by atoms with Gasteiger partial charge in [-0.1, -0.05) is 24.8 Å². The third-order valence-electron chi connectivity index (χ3n) is 2.69. The highest BCUT2D eigenvalue weighted by Crippen LogP contribution is 2.27. The van der Waals surface area contributed by atoms with Crippen LogP contribution < -0.4 is 11.5 Å². The van der Waals surface area contributed by atoms with E-state index in [1.165, 1.54) is 6.92 Å². The molecule has 0 fully saturated rings. The zero-order valence-corrected chi connectivity index (χ0v) is 10.4. The van der Waals surface area contributed by atoms with Gasteiger partial charge < -0.3 is 11.5 Å². The summed E-state index contributed by atoms with van der Waals surface area (Å²) in [5.74, 6) is -0.561. The van der Waals surface area contributed by atoms with Crippen LogP contribution in [-0.2, 0) is 4.79 Å². The standard InChI is InChI=1S/C13H22N2O/c1-6-11(8(2)3)12(7-14)13(9(4)15)10(5)16/h6,12-13H,1,4,7,14-15H2,2-3,5H3/t12-,13+/m1/s1. The van der Waals surface area contributed by atoms with Gasteiger partial charge in [-0.15, -0.1) is 0 Å². The van der Waals surface area contributed by atoms with E-state index in [0.717, 1.165) is 11.1 Å². The molecular weight excluding hydrogens is 200 g/mol. The number of allylic oxidation sites excluding steroid dienone is 3. The van der Waals surface area contributed by atoms with Crippen LogP contribution in [0.4, 0.5) is 0 Å². The van der Waals surface area contributed by atoms with Crippen molar-refractivity contribution in [2.45, 2.75) is 20.8 Å². The van der Waals surface area contributed by atoms with Crippen molar-refractivity contribution in [2.75, 3.05) is 6.54 Å². The number of carbonyl (C=O) groups excluding carboxylic acids is 1. The van der Waals surface area contributed by atoms with Crippen molar-refractivity contribution in [2.24, 2.45) is 23.3 Å². The average Bonchev–Trinajstić information content (AvgIpc) is 2.15. The fourth-order valence-electron chi connectivity index (χ4n) is 1.97. The van der Waals surface area contributed by atoms with Crippen LogP contribution in [0.15, 0.2) is 36.1 Å². The van der Waals surface area contributed by atoms with Crippen molar-refractivity contribution in [3.05, 3.63) is 36.1 Å². The van der Waals surface area contributed by atoms with Gasteiger partial charge in [0, 0.05) is 18.2 Å². The summed E-state index contributed by atoms with van der Waals surface area (Å²) in [5, 5.41) is 0. The zero-order valence-electron chi connectivity index (χ0n) is 10.4. The summed E-state index contributed by atoms with van der Waals surface area (Å²) in [6.45, 7) is 13.2. The minimum atomic E-state index is -0.423. The molecule has 0 unspecified atom stereocenters. The first-order valence-corrected chi connectivity index (χ1v) is 5.31. The molecule has 4 N–H and O–H groups in total. The van der Waals surface area contributed by atoms with Crippen molar-refractivity contribution in [3.8, 4) is 0 Å². The van der Waals surface area contributed by atoms with Gasteiger partial charge in [0.2, 0.25) is 0 Å². The Morgan fingerprint density at radius 2 is 1.88 bits per heavy atom. The molecule has 0 spiro atoms. The number of rotatable bonds is 6. The van der Waals surface area contributed by atoms with E-state index in [1.54, 1.807) is 6.08 Å². The summed E-state index contributed by atoms with van der Waals surface area (Å²) in [7, 11) is 0. The largest absolute Gasteiger partial charge is 0.402 e. The minimum absolute atomic E-state index is 0.0106. The van der Waals surface area contributed by atoms with E-state index in [9.17, 15) is 4.79 Å². The second-order valence-corrected chi connectivity index (χ2v) is 4.16. The molecule has 0 aromatic rings. The molecule has 0 aliphatic carbocycles. The van der Waals surface area contributed by atoms with Crippen LogP contribution in [0.25, 0.3) is 0 Å². The fourth-order valence-corrected chi connectivity index (χ4v) is 1.97. The molecule has 0 heterocycles. The van der Waals surface area contributed by atoms with E-state index in [-0.39, 0.29) is 11.7 Å². The van der Waals surface area contributed by atoms with E-state index >= 15 is 0 Å². The Kier molecular flexibility index (Phi) is 5.75. The van der Waals surface area contributed by atoms with Crippen LogP contribution >= 0.6 is 0 Å². The molecule has 0 aromatic carbocycles. The van der Waals surface area contributed by atoms with Gasteiger partial charge in [-0.05, 0) is 26.3 Å². The number of Topliss-reactive ketones (excluding diaryl/α,β-unsaturated/α-hetero) is 1. The van der Waals surface area contributed by atoms with Crippen LogP contribution in [0.2, 0.25) is 0 Å². The van der Waals surface area contributed by atoms with Crippen LogP contribution in [0, 0.1) is 11.8 Å². The molecule has 3 nitrogen and oxygen atoms in total. The van der Waals surface area contributed by atoms with Crippen molar-refractivity contribution in [3.63, 3.8) is 0 Å². The van der Waals surface area contributed by atoms with E-state index in [1.807, 2.05) is 13.8 Å². The maximum absolute atomic E-state index is 11.6. The second-order valence-electron chi connectivity index (χ2n) is 4.16. The third kappa shape index (κ3) is 3.35. The first-order chi connectivity index (χ1) is 7.36. The number of ketones is 1. The van der Waals surface area contributed by atoms with Gasteiger partial charge in [0.15, 0.2) is 0 Å². The van der Waals surface area contributed by atoms with Crippen LogP contribution in [-0.4, -0.2) is 12.3 Å². The molecular formula is C13H22N2O. The van der Waals surface area contributed by atoms with Gasteiger partial charge in [0.05, 0.1) is 5.92 Å². The van der Waals surface area contributed by atoms with Gasteiger partial charge in [0.25, 0.3) is 0 Å². The Balaban J connectivity index is 5.40. The summed E-state index contributed by atoms with van der Waals surface area (Å²) in [6.07, 6.45) is 1.74. The van der Waals surface area contributed by atoms with Gasteiger partial charge in [-0.25, -0.2) is 0 Å². The number of carbonyl (C=O) groups is 1. The molecule has 0 saturated heterocycles. The average molecular weight is 222 g/mol. The van der Waals surface area contributed by atoms with Gasteiger partial charge >= 0.3 is 0 Å². The number of nitrogens with two attached hydrogens (primary N) is 2. The van der Waals surface area contributed by atoms with Gasteiger partial charge in [-0.3, -0.25) is 4.79 Å². The van der Waals surface area contributed by atoms with Crippen molar-refractivity contribution < 1.29 is 4.79 Å². The lowest BCUT2D eigenvalue weighted by Crippen LogP contribution is -2.33. The summed E-state index contributed by atoms with van der Waals surface area (Å²) < 4.78 is 0. The lowest BCUT2D eigenvalue weighted by Gasteiger charge is -2.26. The maximum atomic E-state index is 11.6. The molecule has 0 bridgehead atoms. The molecule has 3 heteroatoms. The lowest BCUT2D eigenvalue weighted by molar-refractivity contribution is -0.120. The maximum Gasteiger partial charge on any atom is 0.139 e. The number of hydrogen-bond donors (Lipinski definition) is 2. The van der Waals surface area contributed by atoms with E-state index in [0.29, 0.717) is 12.2 Å². The lowest BCUT2D eigenvalue weighted by atomic mass is 9.80. The number of hydrogen-bond acceptors (Lipinski definition) is 3. The normalized spacial score (nSPS) is 13.8. The molecule has 0 amide bonds. The Morgan fingerprint density at radius 1 is 1.38 bits per heavy atom. The predicted molar refractivity (Wildman–Crippen MR) is 68.6 cm³/mol. The highest BCUT2D eigenvalue weighted by Gasteiger charge is 2.28. The van der Waals surface area contributed by atoms with Crippen molar-refractivity contribution >= 4 is 5.78 Å². The molecule has 16 heavy (non-hydrogen) atoms. The van der Waals surface area contributed by atoms with Crippen LogP contribution in [0.3, 0.4) is 0 Å². The monoisotopic (exact) mass is 222 g/mol. The minimum Gasteiger partial charge on any atom is -0.402 e. The SMILES string of the molecule is C=CC(=C(C)C)[C@@H](CN)[C@@H](C(=C)N)C(C)=O. The predicted octanol–water partition coefficient (Wildman–Crippen LogP) is 1.76. The Morgan fingerprint density at radius 3 is 2.06 bits per heavy atom. The summed E-state index contributed by atoms with van der Waals surface area (Å²) in [5.41, 5.74) is 13.9. The van der Waals surface area contributed by atoms with Crippen LogP contribution in [0.1, 0.15) is 20.8 Å². The molecule has 0 aliphatic heterocycles.